The van der Waals surface area contributed by atoms with E-state index in [1.165, 1.54) is 29.2 Å². The summed E-state index contributed by atoms with van der Waals surface area (Å²) in [4.78, 5) is 60.2. The van der Waals surface area contributed by atoms with Gasteiger partial charge in [-0.3, -0.25) is 24.6 Å². The first kappa shape index (κ1) is 34.3. The van der Waals surface area contributed by atoms with Crippen molar-refractivity contribution in [2.45, 2.75) is 31.1 Å². The van der Waals surface area contributed by atoms with Crippen LogP contribution in [0.25, 0.3) is 10.8 Å². The zero-order valence-electron chi connectivity index (χ0n) is 28.8. The third-order valence-corrected chi connectivity index (χ3v) is 12.6. The number of phenols is 1. The maximum Gasteiger partial charge on any atom is 0.260 e. The lowest BCUT2D eigenvalue weighted by atomic mass is 9.49. The number of rotatable bonds is 5. The number of hydrogen-bond donors (Lipinski definition) is 2. The van der Waals surface area contributed by atoms with Gasteiger partial charge in [0.2, 0.25) is 11.8 Å². The van der Waals surface area contributed by atoms with Crippen LogP contribution in [0.15, 0.2) is 115 Å². The Morgan fingerprint density at radius 3 is 2.31 bits per heavy atom. The summed E-state index contributed by atoms with van der Waals surface area (Å²) >= 11 is 12.9. The number of hydrazine groups is 1. The number of phenolic OH excluding ortho intramolecular Hbond substituents is 1. The van der Waals surface area contributed by atoms with Crippen LogP contribution >= 0.6 is 23.2 Å². The summed E-state index contributed by atoms with van der Waals surface area (Å²) in [6.45, 7) is 1.83. The van der Waals surface area contributed by atoms with Crippen molar-refractivity contribution in [3.63, 3.8) is 0 Å². The van der Waals surface area contributed by atoms with Gasteiger partial charge < -0.3 is 5.11 Å². The number of carbonyl (C=O) groups excluding carboxylic acids is 4. The van der Waals surface area contributed by atoms with Gasteiger partial charge >= 0.3 is 0 Å². The van der Waals surface area contributed by atoms with Gasteiger partial charge in [0.05, 0.1) is 34.5 Å². The number of allylic oxidation sites excluding steroid dienone is 2. The van der Waals surface area contributed by atoms with E-state index in [9.17, 15) is 23.9 Å². The van der Waals surface area contributed by atoms with Gasteiger partial charge in [0, 0.05) is 26.9 Å². The van der Waals surface area contributed by atoms with E-state index in [2.05, 4.69) is 5.43 Å². The fraction of sp³-hybridized carbons (Fsp3) is 0.209. The number of hydrogen-bond acceptors (Lipinski definition) is 6. The van der Waals surface area contributed by atoms with Gasteiger partial charge in [-0.2, -0.15) is 5.01 Å². The molecule has 0 bridgehead atoms. The van der Waals surface area contributed by atoms with E-state index < -0.39 is 58.5 Å². The molecule has 2 saturated heterocycles. The van der Waals surface area contributed by atoms with Gasteiger partial charge in [0.15, 0.2) is 0 Å². The Hall–Kier alpha value is -5.51. The molecular formula is C43H32Cl2FN3O5. The lowest BCUT2D eigenvalue weighted by Crippen LogP contribution is -2.53. The second-order valence-corrected chi connectivity index (χ2v) is 15.4. The summed E-state index contributed by atoms with van der Waals surface area (Å²) in [6.07, 6.45) is 2.21. The number of imide groups is 2. The normalized spacial score (nSPS) is 26.1. The van der Waals surface area contributed by atoms with E-state index in [0.717, 1.165) is 16.0 Å². The smallest absolute Gasteiger partial charge is 0.260 e. The van der Waals surface area contributed by atoms with Crippen molar-refractivity contribution in [3.05, 3.63) is 147 Å². The summed E-state index contributed by atoms with van der Waals surface area (Å²) in [7, 11) is 0. The van der Waals surface area contributed by atoms with E-state index in [0.29, 0.717) is 43.5 Å². The Kier molecular flexibility index (Phi) is 7.95. The first-order valence-electron chi connectivity index (χ1n) is 17.7. The minimum atomic E-state index is -1.63. The maximum absolute atomic E-state index is 15.4. The molecule has 270 valence electrons. The molecule has 5 aromatic carbocycles. The number of nitrogens with one attached hydrogen (secondary N) is 1. The third-order valence-electron chi connectivity index (χ3n) is 11.9. The summed E-state index contributed by atoms with van der Waals surface area (Å²) in [5, 5.41) is 15.3. The summed E-state index contributed by atoms with van der Waals surface area (Å²) in [5.74, 6) is -6.62. The van der Waals surface area contributed by atoms with Crippen molar-refractivity contribution in [1.82, 2.24) is 5.01 Å². The van der Waals surface area contributed by atoms with Crippen molar-refractivity contribution in [2.24, 2.45) is 23.7 Å². The topological polar surface area (TPSA) is 107 Å². The second-order valence-electron chi connectivity index (χ2n) is 14.5. The molecule has 54 heavy (non-hydrogen) atoms. The van der Waals surface area contributed by atoms with E-state index in [4.69, 9.17) is 23.2 Å². The summed E-state index contributed by atoms with van der Waals surface area (Å²) in [6, 6.07) is 28.1. The van der Waals surface area contributed by atoms with Crippen LogP contribution in [0.3, 0.4) is 0 Å². The Morgan fingerprint density at radius 1 is 0.833 bits per heavy atom. The van der Waals surface area contributed by atoms with Gasteiger partial charge in [-0.15, -0.1) is 0 Å². The average molecular weight is 761 g/mol. The second kappa shape index (κ2) is 12.5. The predicted molar refractivity (Wildman–Crippen MR) is 203 cm³/mol. The molecule has 8 nitrogen and oxygen atoms in total. The molecule has 5 aromatic rings. The molecule has 2 N–H and O–H groups in total. The molecule has 2 aliphatic carbocycles. The number of fused-ring (bicyclic) bond motifs is 5. The number of nitrogens with zero attached hydrogens (tertiary/aromatic N) is 2. The highest BCUT2D eigenvalue weighted by Crippen LogP contribution is 2.65. The van der Waals surface area contributed by atoms with E-state index in [1.54, 1.807) is 54.6 Å². The van der Waals surface area contributed by atoms with E-state index in [1.807, 2.05) is 37.3 Å². The van der Waals surface area contributed by atoms with Crippen LogP contribution in [0.1, 0.15) is 35.4 Å². The van der Waals surface area contributed by atoms with E-state index in [-0.39, 0.29) is 24.5 Å². The first-order chi connectivity index (χ1) is 26.0. The lowest BCUT2D eigenvalue weighted by molar-refractivity contribution is -0.138. The van der Waals surface area contributed by atoms with Crippen molar-refractivity contribution in [3.8, 4) is 5.75 Å². The quantitative estimate of drug-likeness (QED) is 0.138. The molecule has 0 aromatic heterocycles. The molecule has 0 radical (unpaired) electrons. The highest BCUT2D eigenvalue weighted by molar-refractivity contribution is 6.32. The molecule has 11 heteroatoms. The largest absolute Gasteiger partial charge is 0.507 e. The molecule has 3 fully saturated rings. The minimum Gasteiger partial charge on any atom is -0.507 e. The number of halogens is 3. The van der Waals surface area contributed by atoms with Crippen molar-refractivity contribution >= 4 is 69.0 Å². The van der Waals surface area contributed by atoms with E-state index >= 15 is 4.79 Å². The Balaban J connectivity index is 1.26. The van der Waals surface area contributed by atoms with Gasteiger partial charge in [-0.1, -0.05) is 89.4 Å². The molecule has 1 saturated carbocycles. The Morgan fingerprint density at radius 2 is 1.57 bits per heavy atom. The molecule has 0 unspecified atom stereocenters. The molecule has 6 atom stereocenters. The molecule has 2 heterocycles. The standard InChI is InChI=1S/C43H32Cl2FN3O5/c1-22-6-16-28(20-35(22)45)48-39(51)31-19-18-30-33(36(31)41(48)53)21-34-40(52)49(47-27-14-12-26(46)13-15-27)42(54)43(34,24-8-10-25(44)11-9-24)37(30)32-17-7-23-4-2-3-5-29(23)38(32)50/h2-18,20,31,33-34,36-37,47,50H,19,21H2,1H3/t31-,33+,34-,36-,37+,43+/m0/s1. The first-order valence-corrected chi connectivity index (χ1v) is 18.5. The van der Waals surface area contributed by atoms with Crippen LogP contribution < -0.4 is 10.3 Å². The third kappa shape index (κ3) is 4.87. The molecule has 0 spiro atoms. The summed E-state index contributed by atoms with van der Waals surface area (Å²) < 4.78 is 13.9. The molecule has 9 rings (SSSR count). The molecular weight excluding hydrogens is 728 g/mol. The highest BCUT2D eigenvalue weighted by Gasteiger charge is 2.70. The summed E-state index contributed by atoms with van der Waals surface area (Å²) in [5.41, 5.74) is 4.41. The SMILES string of the molecule is Cc1ccc(N2C(=O)[C@H]3[C@H](CC=C4[C@H]3C[C@H]3C(=O)N(Nc5ccc(F)cc5)C(=O)[C@@]3(c3ccc(Cl)cc3)[C@H]4c3ccc4ccccc4c3O)C2=O)cc1Cl. The number of aryl methyl sites for hydroxylation is 1. The number of carbonyl (C=O) groups is 4. The van der Waals surface area contributed by atoms with Crippen LogP contribution in [0, 0.1) is 36.4 Å². The number of aromatic hydroxyl groups is 1. The molecule has 4 amide bonds. The van der Waals surface area contributed by atoms with Crippen LogP contribution in [-0.4, -0.2) is 33.7 Å². The van der Waals surface area contributed by atoms with Gasteiger partial charge in [-0.25, -0.2) is 9.29 Å². The van der Waals surface area contributed by atoms with Crippen LogP contribution in [0.5, 0.6) is 5.75 Å². The van der Waals surface area contributed by atoms with Crippen LogP contribution in [0.2, 0.25) is 10.0 Å². The zero-order valence-corrected chi connectivity index (χ0v) is 30.3. The molecule has 4 aliphatic rings. The predicted octanol–water partition coefficient (Wildman–Crippen LogP) is 8.49. The average Bonchev–Trinajstić information content (AvgIpc) is 3.55. The zero-order chi connectivity index (χ0) is 37.6. The fourth-order valence-electron chi connectivity index (χ4n) is 9.48. The Bertz CT molecular complexity index is 2470. The number of benzene rings is 5. The minimum absolute atomic E-state index is 0.0520. The number of amides is 4. The van der Waals surface area contributed by atoms with Gasteiger partial charge in [-0.05, 0) is 90.7 Å². The van der Waals surface area contributed by atoms with Crippen molar-refractivity contribution in [1.29, 1.82) is 0 Å². The van der Waals surface area contributed by atoms with Crippen LogP contribution in [-0.2, 0) is 24.6 Å². The van der Waals surface area contributed by atoms with Crippen LogP contribution in [0.4, 0.5) is 15.8 Å². The molecule has 2 aliphatic heterocycles. The number of anilines is 2. The fourth-order valence-corrected chi connectivity index (χ4v) is 9.78. The maximum atomic E-state index is 15.4. The lowest BCUT2D eigenvalue weighted by Gasteiger charge is -2.50. The van der Waals surface area contributed by atoms with Crippen molar-refractivity contribution in [2.75, 3.05) is 10.3 Å². The highest BCUT2D eigenvalue weighted by atomic mass is 35.5. The van der Waals surface area contributed by atoms with Crippen molar-refractivity contribution < 1.29 is 28.7 Å². The van der Waals surface area contributed by atoms with Gasteiger partial charge in [0.1, 0.15) is 11.6 Å². The Labute approximate surface area is 319 Å². The van der Waals surface area contributed by atoms with Gasteiger partial charge in [0.25, 0.3) is 11.8 Å². The monoisotopic (exact) mass is 759 g/mol.